The number of rotatable bonds is 7. The molecule has 0 atom stereocenters. The second-order valence-corrected chi connectivity index (χ2v) is 7.44. The molecule has 3 aromatic rings. The molecule has 0 aliphatic rings. The minimum absolute atomic E-state index is 0.00759. The first-order valence-corrected chi connectivity index (χ1v) is 9.18. The van der Waals surface area contributed by atoms with E-state index in [1.807, 2.05) is 24.3 Å². The van der Waals surface area contributed by atoms with Crippen molar-refractivity contribution < 1.29 is 13.9 Å². The molecule has 2 aromatic heterocycles. The number of ketones is 1. The summed E-state index contributed by atoms with van der Waals surface area (Å²) in [6.07, 6.45) is 0.534. The maximum Gasteiger partial charge on any atom is 0.277 e. The maximum atomic E-state index is 12.0. The Hall–Kier alpha value is -1.83. The molecular weight excluding hydrogens is 368 g/mol. The number of halogens is 1. The number of hydrogen-bond acceptors (Lipinski definition) is 7. The number of Topliss-reactive ketones (excluding diaryl/α,β-unsaturated/α-hetero) is 1. The van der Waals surface area contributed by atoms with Gasteiger partial charge >= 0.3 is 0 Å². The van der Waals surface area contributed by atoms with Gasteiger partial charge in [-0.05, 0) is 29.8 Å². The molecule has 2 heterocycles. The lowest BCUT2D eigenvalue weighted by atomic mass is 10.1. The number of carbonyl (C=O) groups excluding carboxylic acids is 1. The molecule has 0 amide bonds. The quantitative estimate of drug-likeness (QED) is 0.448. The summed E-state index contributed by atoms with van der Waals surface area (Å²) in [7, 11) is 1.63. The average molecular weight is 381 g/mol. The van der Waals surface area contributed by atoms with Crippen molar-refractivity contribution in [3.05, 3.63) is 57.1 Å². The largest absolute Gasteiger partial charge is 0.497 e. The number of hydrogen-bond donors (Lipinski definition) is 0. The summed E-state index contributed by atoms with van der Waals surface area (Å²) in [6, 6.07) is 11.1. The van der Waals surface area contributed by atoms with E-state index in [2.05, 4.69) is 10.2 Å². The van der Waals surface area contributed by atoms with E-state index in [4.69, 9.17) is 20.8 Å². The third kappa shape index (κ3) is 4.37. The normalized spacial score (nSPS) is 10.8. The van der Waals surface area contributed by atoms with Gasteiger partial charge < -0.3 is 9.15 Å². The Bertz CT molecular complexity index is 830. The number of benzene rings is 1. The molecule has 0 unspecified atom stereocenters. The average Bonchev–Trinajstić information content (AvgIpc) is 3.22. The highest BCUT2D eigenvalue weighted by Crippen LogP contribution is 2.25. The Labute approximate surface area is 152 Å². The molecule has 0 spiro atoms. The summed E-state index contributed by atoms with van der Waals surface area (Å²) in [5.74, 6) is 1.54. The van der Waals surface area contributed by atoms with Crippen LogP contribution in [-0.2, 0) is 6.42 Å². The van der Waals surface area contributed by atoms with Crippen LogP contribution in [0.1, 0.15) is 21.1 Å². The molecule has 3 rings (SSSR count). The lowest BCUT2D eigenvalue weighted by Gasteiger charge is -2.00. The third-order valence-electron chi connectivity index (χ3n) is 3.14. The second-order valence-electron chi connectivity index (χ2n) is 4.80. The van der Waals surface area contributed by atoms with Crippen molar-refractivity contribution in [2.45, 2.75) is 11.6 Å². The van der Waals surface area contributed by atoms with Gasteiger partial charge in [0.25, 0.3) is 5.22 Å². The van der Waals surface area contributed by atoms with Crippen LogP contribution >= 0.6 is 34.7 Å². The van der Waals surface area contributed by atoms with Crippen molar-refractivity contribution in [3.8, 4) is 5.75 Å². The van der Waals surface area contributed by atoms with Crippen molar-refractivity contribution >= 4 is 40.5 Å². The fraction of sp³-hybridized carbons (Fsp3) is 0.188. The summed E-state index contributed by atoms with van der Waals surface area (Å²) in [4.78, 5) is 12.6. The van der Waals surface area contributed by atoms with E-state index in [0.717, 1.165) is 11.3 Å². The van der Waals surface area contributed by atoms with E-state index < -0.39 is 0 Å². The van der Waals surface area contributed by atoms with Crippen LogP contribution in [0.3, 0.4) is 0 Å². The van der Waals surface area contributed by atoms with E-state index in [-0.39, 0.29) is 11.5 Å². The van der Waals surface area contributed by atoms with Gasteiger partial charge in [-0.1, -0.05) is 35.5 Å². The SMILES string of the molecule is COc1ccc(Cc2nnc(SCC(=O)c3ccc(Cl)s3)o2)cc1. The van der Waals surface area contributed by atoms with Gasteiger partial charge in [-0.2, -0.15) is 0 Å². The molecule has 124 valence electrons. The molecule has 24 heavy (non-hydrogen) atoms. The number of carbonyl (C=O) groups is 1. The van der Waals surface area contributed by atoms with E-state index in [1.54, 1.807) is 19.2 Å². The van der Waals surface area contributed by atoms with Crippen molar-refractivity contribution in [3.63, 3.8) is 0 Å². The number of ether oxygens (including phenoxy) is 1. The molecule has 5 nitrogen and oxygen atoms in total. The zero-order chi connectivity index (χ0) is 16.9. The van der Waals surface area contributed by atoms with Gasteiger partial charge in [-0.25, -0.2) is 0 Å². The molecule has 1 aromatic carbocycles. The molecule has 0 saturated carbocycles. The predicted molar refractivity (Wildman–Crippen MR) is 94.5 cm³/mol. The van der Waals surface area contributed by atoms with Crippen molar-refractivity contribution in [1.82, 2.24) is 10.2 Å². The molecule has 0 bridgehead atoms. The van der Waals surface area contributed by atoms with Crippen LogP contribution < -0.4 is 4.74 Å². The van der Waals surface area contributed by atoms with Crippen molar-refractivity contribution in [2.75, 3.05) is 12.9 Å². The van der Waals surface area contributed by atoms with Gasteiger partial charge in [-0.3, -0.25) is 4.79 Å². The summed E-state index contributed by atoms with van der Waals surface area (Å²) < 4.78 is 11.3. The zero-order valence-corrected chi connectivity index (χ0v) is 15.1. The van der Waals surface area contributed by atoms with Crippen molar-refractivity contribution in [2.24, 2.45) is 0 Å². The van der Waals surface area contributed by atoms with Gasteiger partial charge in [0.05, 0.1) is 28.5 Å². The molecule has 0 aliphatic heterocycles. The number of nitrogens with zero attached hydrogens (tertiary/aromatic N) is 2. The minimum Gasteiger partial charge on any atom is -0.497 e. The van der Waals surface area contributed by atoms with Crippen LogP contribution in [0.15, 0.2) is 46.0 Å². The summed E-state index contributed by atoms with van der Waals surface area (Å²) in [5, 5.41) is 8.36. The van der Waals surface area contributed by atoms with E-state index in [0.29, 0.717) is 26.7 Å². The highest BCUT2D eigenvalue weighted by Gasteiger charge is 2.13. The first-order chi connectivity index (χ1) is 11.6. The Morgan fingerprint density at radius 1 is 1.25 bits per heavy atom. The van der Waals surface area contributed by atoms with E-state index in [9.17, 15) is 4.79 Å². The zero-order valence-electron chi connectivity index (χ0n) is 12.7. The molecule has 0 aliphatic carbocycles. The smallest absolute Gasteiger partial charge is 0.277 e. The van der Waals surface area contributed by atoms with E-state index >= 15 is 0 Å². The minimum atomic E-state index is -0.00759. The number of thiophene rings is 1. The van der Waals surface area contributed by atoms with Crippen LogP contribution in [0.25, 0.3) is 0 Å². The highest BCUT2D eigenvalue weighted by atomic mass is 35.5. The second kappa shape index (κ2) is 7.83. The Balaban J connectivity index is 1.56. The lowest BCUT2D eigenvalue weighted by Crippen LogP contribution is -1.98. The Morgan fingerprint density at radius 2 is 2.04 bits per heavy atom. The lowest BCUT2D eigenvalue weighted by molar-refractivity contribution is 0.102. The standard InChI is InChI=1S/C16H13ClN2O3S2/c1-21-11-4-2-10(3-5-11)8-15-18-19-16(22-15)23-9-12(20)13-6-7-14(17)24-13/h2-7H,8-9H2,1H3. The van der Waals surface area contributed by atoms with Crippen LogP contribution in [0.4, 0.5) is 0 Å². The first kappa shape index (κ1) is 17.0. The van der Waals surface area contributed by atoms with E-state index in [1.165, 1.54) is 23.1 Å². The molecule has 0 saturated heterocycles. The number of methoxy groups -OCH3 is 1. The topological polar surface area (TPSA) is 65.2 Å². The van der Waals surface area contributed by atoms with Crippen molar-refractivity contribution in [1.29, 1.82) is 0 Å². The molecule has 8 heteroatoms. The monoisotopic (exact) mass is 380 g/mol. The molecular formula is C16H13ClN2O3S2. The summed E-state index contributed by atoms with van der Waals surface area (Å²) >= 11 is 8.32. The molecule has 0 N–H and O–H groups in total. The number of thioether (sulfide) groups is 1. The summed E-state index contributed by atoms with van der Waals surface area (Å²) in [6.45, 7) is 0. The fourth-order valence-electron chi connectivity index (χ4n) is 1.95. The maximum absolute atomic E-state index is 12.0. The van der Waals surface area contributed by atoms with Gasteiger partial charge in [0, 0.05) is 0 Å². The van der Waals surface area contributed by atoms with Crippen LogP contribution in [0.2, 0.25) is 4.34 Å². The highest BCUT2D eigenvalue weighted by molar-refractivity contribution is 7.99. The molecule has 0 fully saturated rings. The van der Waals surface area contributed by atoms with Crippen LogP contribution in [0, 0.1) is 0 Å². The van der Waals surface area contributed by atoms with Gasteiger partial charge in [0.2, 0.25) is 5.89 Å². The van der Waals surface area contributed by atoms with Gasteiger partial charge in [0.15, 0.2) is 5.78 Å². The predicted octanol–water partition coefficient (Wildman–Crippen LogP) is 4.36. The van der Waals surface area contributed by atoms with Gasteiger partial charge in [0.1, 0.15) is 5.75 Å². The van der Waals surface area contributed by atoms with Crippen LogP contribution in [-0.4, -0.2) is 28.8 Å². The van der Waals surface area contributed by atoms with Gasteiger partial charge in [-0.15, -0.1) is 21.5 Å². The third-order valence-corrected chi connectivity index (χ3v) is 5.23. The summed E-state index contributed by atoms with van der Waals surface area (Å²) in [5.41, 5.74) is 1.04. The van der Waals surface area contributed by atoms with Crippen LogP contribution in [0.5, 0.6) is 5.75 Å². The Morgan fingerprint density at radius 3 is 2.71 bits per heavy atom. The fourth-order valence-corrected chi connectivity index (χ4v) is 3.68. The number of aromatic nitrogens is 2. The Kier molecular flexibility index (Phi) is 5.55. The first-order valence-electron chi connectivity index (χ1n) is 7.00. The molecule has 0 radical (unpaired) electrons.